The zero-order valence-electron chi connectivity index (χ0n) is 11.8. The third kappa shape index (κ3) is 2.19. The van der Waals surface area contributed by atoms with Crippen LogP contribution < -0.4 is 4.74 Å². The van der Waals surface area contributed by atoms with Crippen molar-refractivity contribution in [2.45, 2.75) is 6.92 Å². The monoisotopic (exact) mass is 275 g/mol. The highest BCUT2D eigenvalue weighted by Crippen LogP contribution is 2.29. The molecule has 0 saturated carbocycles. The van der Waals surface area contributed by atoms with Crippen molar-refractivity contribution in [2.75, 3.05) is 7.11 Å². The second-order valence-corrected chi connectivity index (χ2v) is 4.68. The Balaban J connectivity index is 2.28. The lowest BCUT2D eigenvalue weighted by molar-refractivity contribution is 0.398. The summed E-state index contributed by atoms with van der Waals surface area (Å²) >= 11 is 0. The van der Waals surface area contributed by atoms with Gasteiger partial charge in [-0.2, -0.15) is 5.26 Å². The maximum atomic E-state index is 9.49. The average Bonchev–Trinajstić information content (AvgIpc) is 2.55. The summed E-state index contributed by atoms with van der Waals surface area (Å²) in [7, 11) is 1.57. The van der Waals surface area contributed by atoms with Gasteiger partial charge in [-0.1, -0.05) is 18.2 Å². The first kappa shape index (κ1) is 13.1. The van der Waals surface area contributed by atoms with Crippen molar-refractivity contribution in [1.29, 1.82) is 5.26 Å². The molecule has 102 valence electrons. The van der Waals surface area contributed by atoms with E-state index in [2.05, 4.69) is 16.0 Å². The fraction of sp³-hybridized carbons (Fsp3) is 0.118. The van der Waals surface area contributed by atoms with Crippen molar-refractivity contribution in [3.05, 3.63) is 53.7 Å². The number of rotatable bonds is 2. The van der Waals surface area contributed by atoms with E-state index in [1.54, 1.807) is 19.4 Å². The minimum Gasteiger partial charge on any atom is -0.481 e. The van der Waals surface area contributed by atoms with Crippen LogP contribution in [0.1, 0.15) is 11.1 Å². The highest BCUT2D eigenvalue weighted by atomic mass is 16.5. The molecular weight excluding hydrogens is 262 g/mol. The molecule has 2 aromatic heterocycles. The fourth-order valence-electron chi connectivity index (χ4n) is 2.36. The van der Waals surface area contributed by atoms with E-state index in [1.165, 1.54) is 0 Å². The quantitative estimate of drug-likeness (QED) is 0.718. The summed E-state index contributed by atoms with van der Waals surface area (Å²) in [6.07, 6.45) is 1.68. The predicted octanol–water partition coefficient (Wildman–Crippen LogP) is 3.49. The summed E-state index contributed by atoms with van der Waals surface area (Å²) in [5.41, 5.74) is 3.86. The third-order valence-electron chi connectivity index (χ3n) is 3.48. The number of fused-ring (bicyclic) bond motifs is 1. The van der Waals surface area contributed by atoms with Crippen LogP contribution in [0.3, 0.4) is 0 Å². The number of hydrogen-bond acceptors (Lipinski definition) is 4. The van der Waals surface area contributed by atoms with Gasteiger partial charge in [0.1, 0.15) is 6.07 Å². The Morgan fingerprint density at radius 3 is 2.62 bits per heavy atom. The molecule has 0 aliphatic carbocycles. The van der Waals surface area contributed by atoms with Crippen LogP contribution in [0.4, 0.5) is 0 Å². The maximum absolute atomic E-state index is 9.49. The molecule has 0 aliphatic heterocycles. The molecule has 0 radical (unpaired) electrons. The van der Waals surface area contributed by atoms with Crippen LogP contribution in [0, 0.1) is 18.3 Å². The number of aromatic nitrogens is 2. The maximum Gasteiger partial charge on any atom is 0.212 e. The Morgan fingerprint density at radius 1 is 1.14 bits per heavy atom. The van der Waals surface area contributed by atoms with Gasteiger partial charge in [0.2, 0.25) is 5.88 Å². The molecule has 2 heterocycles. The number of aryl methyl sites for hydroxylation is 1. The van der Waals surface area contributed by atoms with Gasteiger partial charge in [0.15, 0.2) is 0 Å². The van der Waals surface area contributed by atoms with Crippen molar-refractivity contribution in [1.82, 2.24) is 9.97 Å². The Hall–Kier alpha value is -2.93. The topological polar surface area (TPSA) is 58.8 Å². The van der Waals surface area contributed by atoms with Crippen molar-refractivity contribution in [3.8, 4) is 23.2 Å². The number of methoxy groups -OCH3 is 1. The lowest BCUT2D eigenvalue weighted by atomic mass is 9.99. The van der Waals surface area contributed by atoms with Crippen LogP contribution in [0.25, 0.3) is 22.2 Å². The highest BCUT2D eigenvalue weighted by molar-refractivity contribution is 5.88. The number of benzene rings is 1. The van der Waals surface area contributed by atoms with Crippen molar-refractivity contribution < 1.29 is 4.74 Å². The summed E-state index contributed by atoms with van der Waals surface area (Å²) in [6, 6.07) is 13.7. The zero-order valence-corrected chi connectivity index (χ0v) is 11.8. The van der Waals surface area contributed by atoms with Crippen LogP contribution in [0.15, 0.2) is 42.6 Å². The Bertz CT molecular complexity index is 848. The van der Waals surface area contributed by atoms with Gasteiger partial charge in [-0.25, -0.2) is 9.97 Å². The Kier molecular flexibility index (Phi) is 3.25. The lowest BCUT2D eigenvalue weighted by Gasteiger charge is -2.10. The van der Waals surface area contributed by atoms with Crippen LogP contribution >= 0.6 is 0 Å². The lowest BCUT2D eigenvalue weighted by Crippen LogP contribution is -1.96. The SMILES string of the molecule is COc1ccc(-c2nc3ccccc3c(C)c2C#N)cn1. The van der Waals surface area contributed by atoms with Gasteiger partial charge in [-0.3, -0.25) is 0 Å². The summed E-state index contributed by atoms with van der Waals surface area (Å²) in [4.78, 5) is 8.82. The van der Waals surface area contributed by atoms with Gasteiger partial charge in [-0.15, -0.1) is 0 Å². The van der Waals surface area contributed by atoms with Gasteiger partial charge in [-0.05, 0) is 24.6 Å². The zero-order chi connectivity index (χ0) is 14.8. The second kappa shape index (κ2) is 5.22. The molecule has 0 atom stereocenters. The first-order valence-corrected chi connectivity index (χ1v) is 6.54. The van der Waals surface area contributed by atoms with Crippen molar-refractivity contribution in [3.63, 3.8) is 0 Å². The van der Waals surface area contributed by atoms with Crippen LogP contribution in [-0.2, 0) is 0 Å². The number of ether oxygens (including phenoxy) is 1. The molecule has 21 heavy (non-hydrogen) atoms. The first-order valence-electron chi connectivity index (χ1n) is 6.54. The van der Waals surface area contributed by atoms with Crippen LogP contribution in [-0.4, -0.2) is 17.1 Å². The van der Waals surface area contributed by atoms with Gasteiger partial charge >= 0.3 is 0 Å². The number of nitriles is 1. The molecular formula is C17H13N3O. The van der Waals surface area contributed by atoms with E-state index in [-0.39, 0.29) is 0 Å². The smallest absolute Gasteiger partial charge is 0.212 e. The molecule has 0 fully saturated rings. The molecule has 0 saturated heterocycles. The van der Waals surface area contributed by atoms with E-state index in [0.717, 1.165) is 22.0 Å². The minimum atomic E-state index is 0.537. The molecule has 0 amide bonds. The Morgan fingerprint density at radius 2 is 1.95 bits per heavy atom. The molecule has 3 rings (SSSR count). The Labute approximate surface area is 122 Å². The van der Waals surface area contributed by atoms with Gasteiger partial charge in [0.05, 0.1) is 23.9 Å². The van der Waals surface area contributed by atoms with Gasteiger partial charge < -0.3 is 4.74 Å². The molecule has 4 nitrogen and oxygen atoms in total. The largest absolute Gasteiger partial charge is 0.481 e. The van der Waals surface area contributed by atoms with E-state index in [1.807, 2.05) is 37.3 Å². The number of pyridine rings is 2. The summed E-state index contributed by atoms with van der Waals surface area (Å²) in [6.45, 7) is 1.95. The van der Waals surface area contributed by atoms with Gasteiger partial charge in [0, 0.05) is 23.2 Å². The molecule has 0 N–H and O–H groups in total. The van der Waals surface area contributed by atoms with Gasteiger partial charge in [0.25, 0.3) is 0 Å². The molecule has 0 aliphatic rings. The molecule has 0 spiro atoms. The fourth-order valence-corrected chi connectivity index (χ4v) is 2.36. The molecule has 3 aromatic rings. The second-order valence-electron chi connectivity index (χ2n) is 4.68. The number of hydrogen-bond donors (Lipinski definition) is 0. The average molecular weight is 275 g/mol. The normalized spacial score (nSPS) is 10.3. The molecule has 1 aromatic carbocycles. The van der Waals surface area contributed by atoms with E-state index in [0.29, 0.717) is 17.1 Å². The minimum absolute atomic E-state index is 0.537. The predicted molar refractivity (Wildman–Crippen MR) is 81.0 cm³/mol. The van der Waals surface area contributed by atoms with Crippen molar-refractivity contribution in [2.24, 2.45) is 0 Å². The van der Waals surface area contributed by atoms with E-state index in [9.17, 15) is 5.26 Å². The molecule has 0 bridgehead atoms. The summed E-state index contributed by atoms with van der Waals surface area (Å²) in [5, 5.41) is 10.5. The summed E-state index contributed by atoms with van der Waals surface area (Å²) < 4.78 is 5.06. The standard InChI is InChI=1S/C17H13N3O/c1-11-13-5-3-4-6-15(13)20-17(14(11)9-18)12-7-8-16(21-2)19-10-12/h3-8,10H,1-2H3. The molecule has 0 unspecified atom stereocenters. The highest BCUT2D eigenvalue weighted by Gasteiger charge is 2.13. The summed E-state index contributed by atoms with van der Waals surface area (Å²) in [5.74, 6) is 0.537. The first-order chi connectivity index (χ1) is 10.2. The number of nitrogens with zero attached hydrogens (tertiary/aromatic N) is 3. The van der Waals surface area contributed by atoms with Crippen molar-refractivity contribution >= 4 is 10.9 Å². The van der Waals surface area contributed by atoms with E-state index in [4.69, 9.17) is 4.74 Å². The van der Waals surface area contributed by atoms with E-state index >= 15 is 0 Å². The van der Waals surface area contributed by atoms with E-state index < -0.39 is 0 Å². The van der Waals surface area contributed by atoms with Crippen LogP contribution in [0.5, 0.6) is 5.88 Å². The third-order valence-corrected chi connectivity index (χ3v) is 3.48. The number of para-hydroxylation sites is 1. The molecule has 4 heteroatoms. The van der Waals surface area contributed by atoms with Crippen LogP contribution in [0.2, 0.25) is 0 Å².